The first-order valence-electron chi connectivity index (χ1n) is 4.45. The molecule has 1 N–H and O–H groups in total. The second-order valence-electron chi connectivity index (χ2n) is 3.12. The van der Waals surface area contributed by atoms with Crippen LogP contribution in [0.2, 0.25) is 0 Å². The SMILES string of the molecule is CN(CC(=O)[O-])CC(O)COC/C=C/F. The van der Waals surface area contributed by atoms with Crippen molar-refractivity contribution in [3.05, 3.63) is 12.4 Å². The first-order valence-corrected chi connectivity index (χ1v) is 4.45. The number of hydrogen-bond donors (Lipinski definition) is 1. The maximum Gasteiger partial charge on any atom is 0.0900 e. The van der Waals surface area contributed by atoms with E-state index in [9.17, 15) is 19.4 Å². The minimum Gasteiger partial charge on any atom is -0.549 e. The molecule has 0 heterocycles. The van der Waals surface area contributed by atoms with E-state index < -0.39 is 12.1 Å². The lowest BCUT2D eigenvalue weighted by molar-refractivity contribution is -0.306. The monoisotopic (exact) mass is 220 g/mol. The highest BCUT2D eigenvalue weighted by Gasteiger charge is 2.07. The van der Waals surface area contributed by atoms with E-state index in [1.807, 2.05) is 0 Å². The predicted octanol–water partition coefficient (Wildman–Crippen LogP) is -1.47. The number of carbonyl (C=O) groups is 1. The lowest BCUT2D eigenvalue weighted by Gasteiger charge is -2.20. The molecule has 0 aliphatic rings. The van der Waals surface area contributed by atoms with Gasteiger partial charge in [0.1, 0.15) is 0 Å². The minimum atomic E-state index is -1.20. The van der Waals surface area contributed by atoms with Crippen molar-refractivity contribution < 1.29 is 24.1 Å². The average Bonchev–Trinajstić information content (AvgIpc) is 2.10. The molecule has 0 saturated heterocycles. The van der Waals surface area contributed by atoms with Gasteiger partial charge in [0.15, 0.2) is 0 Å². The maximum atomic E-state index is 11.5. The smallest absolute Gasteiger partial charge is 0.0900 e. The van der Waals surface area contributed by atoms with Gasteiger partial charge in [-0.05, 0) is 13.1 Å². The van der Waals surface area contributed by atoms with Crippen LogP contribution in [0.1, 0.15) is 0 Å². The third-order valence-corrected chi connectivity index (χ3v) is 1.53. The highest BCUT2D eigenvalue weighted by atomic mass is 19.1. The molecule has 1 atom stereocenters. The van der Waals surface area contributed by atoms with Crippen molar-refractivity contribution in [3.63, 3.8) is 0 Å². The number of aliphatic hydroxyl groups excluding tert-OH is 1. The molecule has 0 bridgehead atoms. The Bertz CT molecular complexity index is 210. The number of halogens is 1. The summed E-state index contributed by atoms with van der Waals surface area (Å²) in [6, 6.07) is 0. The fourth-order valence-corrected chi connectivity index (χ4v) is 1.01. The molecule has 0 fully saturated rings. The Morgan fingerprint density at radius 3 is 2.93 bits per heavy atom. The van der Waals surface area contributed by atoms with Crippen LogP contribution < -0.4 is 5.11 Å². The lowest BCUT2D eigenvalue weighted by atomic mass is 10.3. The molecule has 6 heteroatoms. The zero-order valence-electron chi connectivity index (χ0n) is 8.56. The number of likely N-dealkylation sites (N-methyl/N-ethyl adjacent to an activating group) is 1. The lowest BCUT2D eigenvalue weighted by Crippen LogP contribution is -2.40. The third kappa shape index (κ3) is 9.33. The molecule has 88 valence electrons. The molecule has 0 radical (unpaired) electrons. The number of aliphatic carboxylic acids is 1. The Labute approximate surface area is 87.8 Å². The normalized spacial score (nSPS) is 13.6. The standard InChI is InChI=1S/C9H16FNO4/c1-11(6-9(13)14)5-8(12)7-15-4-2-3-10/h2-3,8,12H,4-7H2,1H3,(H,13,14)/p-1/b3-2+. The number of rotatable bonds is 8. The minimum absolute atomic E-state index is 0.0295. The van der Waals surface area contributed by atoms with Gasteiger partial charge in [-0.1, -0.05) is 0 Å². The summed E-state index contributed by atoms with van der Waals surface area (Å²) < 4.78 is 16.3. The van der Waals surface area contributed by atoms with E-state index >= 15 is 0 Å². The highest BCUT2D eigenvalue weighted by Crippen LogP contribution is 1.91. The molecular formula is C9H15FNO4-. The second-order valence-corrected chi connectivity index (χ2v) is 3.12. The molecule has 5 nitrogen and oxygen atoms in total. The average molecular weight is 220 g/mol. The summed E-state index contributed by atoms with van der Waals surface area (Å²) in [5.41, 5.74) is 0. The molecular weight excluding hydrogens is 205 g/mol. The Morgan fingerprint density at radius 1 is 1.73 bits per heavy atom. The number of carboxylic acids is 1. The first kappa shape index (κ1) is 14.0. The molecule has 1 unspecified atom stereocenters. The summed E-state index contributed by atoms with van der Waals surface area (Å²) in [5.74, 6) is -1.20. The Kier molecular flexibility index (Phi) is 7.79. The van der Waals surface area contributed by atoms with E-state index in [1.165, 1.54) is 4.90 Å². The van der Waals surface area contributed by atoms with E-state index in [0.29, 0.717) is 6.33 Å². The van der Waals surface area contributed by atoms with Crippen molar-refractivity contribution >= 4 is 5.97 Å². The highest BCUT2D eigenvalue weighted by molar-refractivity contribution is 5.66. The van der Waals surface area contributed by atoms with Crippen molar-refractivity contribution in [1.29, 1.82) is 0 Å². The molecule has 0 amide bonds. The van der Waals surface area contributed by atoms with E-state index in [-0.39, 0.29) is 26.3 Å². The summed E-state index contributed by atoms with van der Waals surface area (Å²) in [5, 5.41) is 19.5. The quantitative estimate of drug-likeness (QED) is 0.505. The summed E-state index contributed by atoms with van der Waals surface area (Å²) in [6.45, 7) is 0.0221. The van der Waals surface area contributed by atoms with Crippen molar-refractivity contribution in [2.45, 2.75) is 6.10 Å². The van der Waals surface area contributed by atoms with E-state index in [1.54, 1.807) is 7.05 Å². The van der Waals surface area contributed by atoms with Crippen LogP contribution in [0.3, 0.4) is 0 Å². The summed E-state index contributed by atoms with van der Waals surface area (Å²) in [4.78, 5) is 11.6. The molecule has 0 saturated carbocycles. The van der Waals surface area contributed by atoms with Crippen LogP contribution in [0.15, 0.2) is 12.4 Å². The van der Waals surface area contributed by atoms with Crippen molar-refractivity contribution in [1.82, 2.24) is 4.90 Å². The van der Waals surface area contributed by atoms with Crippen LogP contribution in [-0.2, 0) is 9.53 Å². The Morgan fingerprint density at radius 2 is 2.40 bits per heavy atom. The molecule has 0 aromatic rings. The van der Waals surface area contributed by atoms with E-state index in [0.717, 1.165) is 6.08 Å². The molecule has 0 aliphatic heterocycles. The number of carboxylic acid groups (broad SMARTS) is 1. The van der Waals surface area contributed by atoms with Gasteiger partial charge < -0.3 is 19.7 Å². The fraction of sp³-hybridized carbons (Fsp3) is 0.667. The van der Waals surface area contributed by atoms with Gasteiger partial charge in [-0.15, -0.1) is 0 Å². The molecule has 0 aromatic heterocycles. The van der Waals surface area contributed by atoms with Crippen LogP contribution in [0.5, 0.6) is 0 Å². The number of carbonyl (C=O) groups excluding carboxylic acids is 1. The van der Waals surface area contributed by atoms with Gasteiger partial charge in [0.25, 0.3) is 0 Å². The van der Waals surface area contributed by atoms with Gasteiger partial charge in [-0.2, -0.15) is 0 Å². The van der Waals surface area contributed by atoms with Crippen LogP contribution in [0.25, 0.3) is 0 Å². The topological polar surface area (TPSA) is 72.8 Å². The zero-order chi connectivity index (χ0) is 11.7. The van der Waals surface area contributed by atoms with Crippen molar-refractivity contribution in [2.24, 2.45) is 0 Å². The van der Waals surface area contributed by atoms with Crippen LogP contribution >= 0.6 is 0 Å². The largest absolute Gasteiger partial charge is 0.549 e. The second kappa shape index (κ2) is 8.34. The van der Waals surface area contributed by atoms with Crippen LogP contribution in [0.4, 0.5) is 4.39 Å². The maximum absolute atomic E-state index is 11.5. The van der Waals surface area contributed by atoms with Gasteiger partial charge in [-0.3, -0.25) is 4.90 Å². The van der Waals surface area contributed by atoms with E-state index in [2.05, 4.69) is 0 Å². The van der Waals surface area contributed by atoms with Gasteiger partial charge in [0.2, 0.25) is 0 Å². The van der Waals surface area contributed by atoms with Gasteiger partial charge in [0.05, 0.1) is 31.6 Å². The van der Waals surface area contributed by atoms with Gasteiger partial charge in [0, 0.05) is 13.1 Å². The van der Waals surface area contributed by atoms with Crippen molar-refractivity contribution in [3.8, 4) is 0 Å². The van der Waals surface area contributed by atoms with E-state index in [4.69, 9.17) is 4.74 Å². The molecule has 0 aliphatic carbocycles. The predicted molar refractivity (Wildman–Crippen MR) is 49.6 cm³/mol. The summed E-state index contributed by atoms with van der Waals surface area (Å²) in [6.07, 6.45) is 0.717. The Balaban J connectivity index is 3.54. The number of aliphatic hydroxyl groups is 1. The summed E-state index contributed by atoms with van der Waals surface area (Å²) in [7, 11) is 1.54. The number of ether oxygens (including phenoxy) is 1. The van der Waals surface area contributed by atoms with Crippen molar-refractivity contribution in [2.75, 3.05) is 33.4 Å². The first-order chi connectivity index (χ1) is 7.06. The molecule has 0 spiro atoms. The number of nitrogens with zero attached hydrogens (tertiary/aromatic N) is 1. The third-order valence-electron chi connectivity index (χ3n) is 1.53. The molecule has 0 rings (SSSR count). The summed E-state index contributed by atoms with van der Waals surface area (Å²) >= 11 is 0. The number of hydrogen-bond acceptors (Lipinski definition) is 5. The van der Waals surface area contributed by atoms with Gasteiger partial charge >= 0.3 is 0 Å². The van der Waals surface area contributed by atoms with Crippen LogP contribution in [-0.4, -0.2) is 55.4 Å². The molecule has 0 aromatic carbocycles. The fourth-order valence-electron chi connectivity index (χ4n) is 1.01. The van der Waals surface area contributed by atoms with Gasteiger partial charge in [-0.25, -0.2) is 4.39 Å². The molecule has 15 heavy (non-hydrogen) atoms. The van der Waals surface area contributed by atoms with Crippen LogP contribution in [0, 0.1) is 0 Å². The zero-order valence-corrected chi connectivity index (χ0v) is 8.56. The Hall–Kier alpha value is -0.980.